The maximum absolute atomic E-state index is 6.15. The van der Waals surface area contributed by atoms with Gasteiger partial charge in [-0.25, -0.2) is 0 Å². The Morgan fingerprint density at radius 3 is 2.62 bits per heavy atom. The first-order valence-corrected chi connectivity index (χ1v) is 12.3. The molecule has 0 bridgehead atoms. The quantitative estimate of drug-likeness (QED) is 0.471. The molecule has 0 unspecified atom stereocenters. The van der Waals surface area contributed by atoms with Crippen molar-refractivity contribution in [2.24, 2.45) is 0 Å². The Hall–Kier alpha value is -2.74. The molecule has 0 spiro atoms. The number of hydrogen-bond acceptors (Lipinski definition) is 7. The third-order valence-corrected chi connectivity index (χ3v) is 6.62. The third-order valence-electron chi connectivity index (χ3n) is 6.38. The van der Waals surface area contributed by atoms with Crippen LogP contribution in [0.15, 0.2) is 53.1 Å². The molecule has 5 rings (SSSR count). The largest absolute Gasteiger partial charge is 0.486 e. The van der Waals surface area contributed by atoms with Gasteiger partial charge in [-0.15, -0.1) is 0 Å². The molecule has 3 aromatic rings. The first-order valence-electron chi connectivity index (χ1n) is 11.9. The number of hydrogen-bond donors (Lipinski definition) is 0. The summed E-state index contributed by atoms with van der Waals surface area (Å²) in [6.07, 6.45) is 1.12. The van der Waals surface area contributed by atoms with Crippen molar-refractivity contribution in [2.45, 2.75) is 13.0 Å². The molecular formula is C26H31ClN4O3. The summed E-state index contributed by atoms with van der Waals surface area (Å²) in [6, 6.07) is 16.0. The topological polar surface area (TPSA) is 54.2 Å². The minimum atomic E-state index is 0.572. The number of nitrogens with zero attached hydrogens (tertiary/aromatic N) is 4. The van der Waals surface area contributed by atoms with Crippen LogP contribution in [0.1, 0.15) is 12.2 Å². The highest BCUT2D eigenvalue weighted by Crippen LogP contribution is 2.34. The third kappa shape index (κ3) is 5.66. The molecule has 8 heteroatoms. The van der Waals surface area contributed by atoms with E-state index in [0.717, 1.165) is 85.8 Å². The van der Waals surface area contributed by atoms with E-state index >= 15 is 0 Å². The monoisotopic (exact) mass is 482 g/mol. The van der Waals surface area contributed by atoms with Gasteiger partial charge in [0.15, 0.2) is 17.3 Å². The van der Waals surface area contributed by atoms with Crippen LogP contribution in [0.5, 0.6) is 11.5 Å². The fourth-order valence-electron chi connectivity index (χ4n) is 4.54. The van der Waals surface area contributed by atoms with Crippen LogP contribution in [0.2, 0.25) is 5.02 Å². The number of halogens is 1. The Kier molecular flexibility index (Phi) is 7.23. The molecule has 3 heterocycles. The summed E-state index contributed by atoms with van der Waals surface area (Å²) in [5.41, 5.74) is 3.01. The molecule has 2 aliphatic rings. The first kappa shape index (κ1) is 23.0. The molecule has 1 aromatic heterocycles. The summed E-state index contributed by atoms with van der Waals surface area (Å²) in [7, 11) is 2.13. The lowest BCUT2D eigenvalue weighted by molar-refractivity contribution is 0.171. The highest BCUT2D eigenvalue weighted by molar-refractivity contribution is 6.30. The van der Waals surface area contributed by atoms with Crippen molar-refractivity contribution in [3.63, 3.8) is 0 Å². The molecule has 0 N–H and O–H groups in total. The molecule has 0 amide bonds. The Labute approximate surface area is 205 Å². The number of benzene rings is 2. The van der Waals surface area contributed by atoms with Gasteiger partial charge < -0.3 is 18.9 Å². The van der Waals surface area contributed by atoms with Crippen LogP contribution in [-0.4, -0.2) is 74.5 Å². The number of aromatic nitrogens is 1. The molecule has 0 aliphatic carbocycles. The lowest BCUT2D eigenvalue weighted by Crippen LogP contribution is -2.47. The summed E-state index contributed by atoms with van der Waals surface area (Å²) in [6.45, 7) is 8.25. The van der Waals surface area contributed by atoms with Crippen molar-refractivity contribution in [1.82, 2.24) is 15.0 Å². The van der Waals surface area contributed by atoms with Gasteiger partial charge in [-0.1, -0.05) is 22.8 Å². The first-order chi connectivity index (χ1) is 16.6. The average Bonchev–Trinajstić information content (AvgIpc) is 3.32. The van der Waals surface area contributed by atoms with Gasteiger partial charge in [-0.2, -0.15) is 0 Å². The van der Waals surface area contributed by atoms with Gasteiger partial charge in [-0.3, -0.25) is 9.80 Å². The zero-order valence-electron chi connectivity index (χ0n) is 19.6. The van der Waals surface area contributed by atoms with E-state index in [9.17, 15) is 0 Å². The predicted octanol–water partition coefficient (Wildman–Crippen LogP) is 4.41. The molecule has 7 nitrogen and oxygen atoms in total. The second-order valence-corrected chi connectivity index (χ2v) is 9.37. The standard InChI is InChI=1S/C26H31ClN4O3/c1-29(8-3-9-30-10-12-31(13-11-30)22-5-2-4-21(27)17-22)19-23-18-24(28-34-23)20-6-7-25-26(16-20)33-15-14-32-25/h2,4-7,16-18H,3,8-15,19H2,1H3. The molecule has 0 saturated carbocycles. The van der Waals surface area contributed by atoms with Crippen LogP contribution in [0.3, 0.4) is 0 Å². The molecular weight excluding hydrogens is 452 g/mol. The second kappa shape index (κ2) is 10.7. The van der Waals surface area contributed by atoms with Crippen molar-refractivity contribution >= 4 is 17.3 Å². The van der Waals surface area contributed by atoms with Crippen molar-refractivity contribution < 1.29 is 14.0 Å². The van der Waals surface area contributed by atoms with Crippen molar-refractivity contribution in [2.75, 3.05) is 64.4 Å². The van der Waals surface area contributed by atoms with Crippen LogP contribution >= 0.6 is 11.6 Å². The molecule has 0 atom stereocenters. The average molecular weight is 483 g/mol. The van der Waals surface area contributed by atoms with Crippen LogP contribution < -0.4 is 14.4 Å². The summed E-state index contributed by atoms with van der Waals surface area (Å²) < 4.78 is 16.9. The Morgan fingerprint density at radius 2 is 1.79 bits per heavy atom. The summed E-state index contributed by atoms with van der Waals surface area (Å²) >= 11 is 6.15. The zero-order valence-corrected chi connectivity index (χ0v) is 20.3. The maximum atomic E-state index is 6.15. The molecule has 180 valence electrons. The maximum Gasteiger partial charge on any atom is 0.162 e. The van der Waals surface area contributed by atoms with E-state index in [4.69, 9.17) is 25.6 Å². The van der Waals surface area contributed by atoms with Gasteiger partial charge in [-0.05, 0) is 63.0 Å². The predicted molar refractivity (Wildman–Crippen MR) is 134 cm³/mol. The SMILES string of the molecule is CN(CCCN1CCN(c2cccc(Cl)c2)CC1)Cc1cc(-c2ccc3c(c2)OCCO3)no1. The van der Waals surface area contributed by atoms with Gasteiger partial charge in [0.05, 0.1) is 6.54 Å². The normalized spacial score (nSPS) is 16.3. The fraction of sp³-hybridized carbons (Fsp3) is 0.423. The minimum absolute atomic E-state index is 0.572. The highest BCUT2D eigenvalue weighted by atomic mass is 35.5. The van der Waals surface area contributed by atoms with Gasteiger partial charge >= 0.3 is 0 Å². The van der Waals surface area contributed by atoms with E-state index in [1.807, 2.05) is 36.4 Å². The fourth-order valence-corrected chi connectivity index (χ4v) is 4.72. The smallest absolute Gasteiger partial charge is 0.162 e. The van der Waals surface area contributed by atoms with Crippen LogP contribution in [0, 0.1) is 0 Å². The molecule has 1 saturated heterocycles. The zero-order chi connectivity index (χ0) is 23.3. The molecule has 2 aromatic carbocycles. The number of fused-ring (bicyclic) bond motifs is 1. The summed E-state index contributed by atoms with van der Waals surface area (Å²) in [5.74, 6) is 2.41. The number of ether oxygens (including phenoxy) is 2. The molecule has 34 heavy (non-hydrogen) atoms. The Bertz CT molecular complexity index is 1100. The van der Waals surface area contributed by atoms with Gasteiger partial charge in [0.2, 0.25) is 0 Å². The lowest BCUT2D eigenvalue weighted by atomic mass is 10.1. The summed E-state index contributed by atoms with van der Waals surface area (Å²) in [5, 5.41) is 5.06. The van der Waals surface area contributed by atoms with E-state index in [1.165, 1.54) is 5.69 Å². The van der Waals surface area contributed by atoms with Crippen LogP contribution in [-0.2, 0) is 6.54 Å². The number of rotatable bonds is 8. The van der Waals surface area contributed by atoms with E-state index in [2.05, 4.69) is 39.0 Å². The summed E-state index contributed by atoms with van der Waals surface area (Å²) in [4.78, 5) is 7.25. The molecule has 2 aliphatic heterocycles. The van der Waals surface area contributed by atoms with Crippen LogP contribution in [0.4, 0.5) is 5.69 Å². The Balaban J connectivity index is 1.05. The van der Waals surface area contributed by atoms with Crippen molar-refractivity contribution in [3.05, 3.63) is 59.3 Å². The minimum Gasteiger partial charge on any atom is -0.486 e. The van der Waals surface area contributed by atoms with Gasteiger partial charge in [0, 0.05) is 48.5 Å². The number of piperazine rings is 1. The van der Waals surface area contributed by atoms with Crippen LogP contribution in [0.25, 0.3) is 11.3 Å². The highest BCUT2D eigenvalue weighted by Gasteiger charge is 2.18. The Morgan fingerprint density at radius 1 is 0.971 bits per heavy atom. The second-order valence-electron chi connectivity index (χ2n) is 8.94. The van der Waals surface area contributed by atoms with Crippen molar-refractivity contribution in [1.29, 1.82) is 0 Å². The van der Waals surface area contributed by atoms with E-state index < -0.39 is 0 Å². The molecule has 0 radical (unpaired) electrons. The lowest BCUT2D eigenvalue weighted by Gasteiger charge is -2.36. The number of anilines is 1. The van der Waals surface area contributed by atoms with E-state index in [1.54, 1.807) is 0 Å². The van der Waals surface area contributed by atoms with E-state index in [-0.39, 0.29) is 0 Å². The van der Waals surface area contributed by atoms with Gasteiger partial charge in [0.25, 0.3) is 0 Å². The van der Waals surface area contributed by atoms with Gasteiger partial charge in [0.1, 0.15) is 18.9 Å². The molecule has 1 fully saturated rings. The van der Waals surface area contributed by atoms with E-state index in [0.29, 0.717) is 13.2 Å². The van der Waals surface area contributed by atoms with Crippen molar-refractivity contribution in [3.8, 4) is 22.8 Å².